The van der Waals surface area contributed by atoms with E-state index in [1.807, 2.05) is 0 Å². The van der Waals surface area contributed by atoms with Gasteiger partial charge in [-0.3, -0.25) is 0 Å². The van der Waals surface area contributed by atoms with E-state index >= 15 is 0 Å². The van der Waals surface area contributed by atoms with Gasteiger partial charge in [-0.1, -0.05) is 39.0 Å². The van der Waals surface area contributed by atoms with Crippen LogP contribution in [0.15, 0.2) is 0 Å². The number of hydrogen-bond donors (Lipinski definition) is 3. The van der Waals surface area contributed by atoms with E-state index in [9.17, 15) is 0 Å². The van der Waals surface area contributed by atoms with Crippen molar-refractivity contribution >= 4 is 0 Å². The maximum atomic E-state index is 8.89. The Kier molecular flexibility index (Phi) is 10.3. The molecule has 0 heterocycles. The van der Waals surface area contributed by atoms with E-state index < -0.39 is 0 Å². The lowest BCUT2D eigenvalue weighted by Crippen LogP contribution is -2.41. The normalized spacial score (nSPS) is 13.4. The molecule has 0 aromatic rings. The first-order valence-electron chi connectivity index (χ1n) is 6.22. The van der Waals surface area contributed by atoms with E-state index in [0.29, 0.717) is 6.04 Å². The Balaban J connectivity index is 3.35. The summed E-state index contributed by atoms with van der Waals surface area (Å²) in [6.45, 7) is 4.35. The van der Waals surface area contributed by atoms with Crippen LogP contribution in [-0.2, 0) is 0 Å². The molecule has 0 aliphatic rings. The van der Waals surface area contributed by atoms with Crippen molar-refractivity contribution in [3.63, 3.8) is 0 Å². The first-order valence-corrected chi connectivity index (χ1v) is 6.22. The molecule has 0 bridgehead atoms. The summed E-state index contributed by atoms with van der Waals surface area (Å²) in [5.74, 6) is 0. The van der Waals surface area contributed by atoms with Gasteiger partial charge < -0.3 is 15.5 Å². The summed E-state index contributed by atoms with van der Waals surface area (Å²) in [6, 6.07) is 0.228. The summed E-state index contributed by atoms with van der Waals surface area (Å²) < 4.78 is 0. The molecule has 0 aliphatic heterocycles. The maximum absolute atomic E-state index is 8.89. The molecule has 3 heteroatoms. The lowest BCUT2D eigenvalue weighted by Gasteiger charge is -2.19. The molecule has 0 aliphatic carbocycles. The van der Waals surface area contributed by atoms with Gasteiger partial charge in [0.05, 0.1) is 19.3 Å². The van der Waals surface area contributed by atoms with Gasteiger partial charge in [0.25, 0.3) is 0 Å². The van der Waals surface area contributed by atoms with Crippen molar-refractivity contribution in [2.75, 3.05) is 13.2 Å². The first kappa shape index (κ1) is 14.9. The van der Waals surface area contributed by atoms with Crippen molar-refractivity contribution in [2.24, 2.45) is 0 Å². The van der Waals surface area contributed by atoms with E-state index in [0.717, 1.165) is 6.42 Å². The van der Waals surface area contributed by atoms with Crippen LogP contribution in [-0.4, -0.2) is 35.5 Å². The smallest absolute Gasteiger partial charge is 0.0607 e. The minimum atomic E-state index is -0.157. The molecule has 92 valence electrons. The molecule has 15 heavy (non-hydrogen) atoms. The maximum Gasteiger partial charge on any atom is 0.0607 e. The highest BCUT2D eigenvalue weighted by Gasteiger charge is 2.09. The molecule has 0 rings (SSSR count). The summed E-state index contributed by atoms with van der Waals surface area (Å²) in [6.07, 6.45) is 7.59. The Morgan fingerprint density at radius 3 is 2.13 bits per heavy atom. The van der Waals surface area contributed by atoms with Crippen LogP contribution in [0.1, 0.15) is 52.4 Å². The average molecular weight is 217 g/mol. The zero-order chi connectivity index (χ0) is 11.5. The Hall–Kier alpha value is -0.120. The molecule has 0 aromatic carbocycles. The van der Waals surface area contributed by atoms with Gasteiger partial charge in [0.2, 0.25) is 0 Å². The molecule has 0 radical (unpaired) electrons. The Bertz CT molecular complexity index is 127. The van der Waals surface area contributed by atoms with E-state index in [4.69, 9.17) is 10.2 Å². The first-order chi connectivity index (χ1) is 7.24. The Morgan fingerprint density at radius 1 is 1.00 bits per heavy atom. The lowest BCUT2D eigenvalue weighted by molar-refractivity contribution is 0.162. The molecule has 0 aromatic heterocycles. The van der Waals surface area contributed by atoms with Gasteiger partial charge in [0.15, 0.2) is 0 Å². The van der Waals surface area contributed by atoms with Crippen LogP contribution in [0.4, 0.5) is 0 Å². The van der Waals surface area contributed by atoms with Crippen molar-refractivity contribution in [3.05, 3.63) is 0 Å². The van der Waals surface area contributed by atoms with Crippen molar-refractivity contribution in [2.45, 2.75) is 64.5 Å². The largest absolute Gasteiger partial charge is 0.395 e. The molecule has 0 unspecified atom stereocenters. The van der Waals surface area contributed by atoms with Crippen LogP contribution < -0.4 is 5.32 Å². The minimum Gasteiger partial charge on any atom is -0.395 e. The summed E-state index contributed by atoms with van der Waals surface area (Å²) in [7, 11) is 0. The van der Waals surface area contributed by atoms with Gasteiger partial charge in [0.1, 0.15) is 0 Å². The van der Waals surface area contributed by atoms with Gasteiger partial charge >= 0.3 is 0 Å². The second-order valence-electron chi connectivity index (χ2n) is 4.33. The van der Waals surface area contributed by atoms with E-state index in [1.54, 1.807) is 0 Å². The molecule has 0 saturated carbocycles. The van der Waals surface area contributed by atoms with Crippen LogP contribution in [0.2, 0.25) is 0 Å². The van der Waals surface area contributed by atoms with Crippen LogP contribution in [0.5, 0.6) is 0 Å². The third kappa shape index (κ3) is 8.85. The summed E-state index contributed by atoms with van der Waals surface area (Å²) in [5.41, 5.74) is 0. The van der Waals surface area contributed by atoms with Gasteiger partial charge in [0, 0.05) is 6.04 Å². The van der Waals surface area contributed by atoms with Gasteiger partial charge in [-0.05, 0) is 13.3 Å². The molecular weight excluding hydrogens is 190 g/mol. The molecule has 0 saturated heterocycles. The summed E-state index contributed by atoms with van der Waals surface area (Å²) in [4.78, 5) is 0. The SMILES string of the molecule is CCCCCCC[C@@H](C)NC(CO)CO. The monoisotopic (exact) mass is 217 g/mol. The molecule has 3 N–H and O–H groups in total. The molecular formula is C12H27NO2. The number of unbranched alkanes of at least 4 members (excludes halogenated alkanes) is 4. The third-order valence-corrected chi connectivity index (χ3v) is 2.70. The number of hydrogen-bond acceptors (Lipinski definition) is 3. The van der Waals surface area contributed by atoms with Crippen LogP contribution >= 0.6 is 0 Å². The number of rotatable bonds is 10. The van der Waals surface area contributed by atoms with Crippen molar-refractivity contribution < 1.29 is 10.2 Å². The van der Waals surface area contributed by atoms with Crippen molar-refractivity contribution in [1.82, 2.24) is 5.32 Å². The highest BCUT2D eigenvalue weighted by Crippen LogP contribution is 2.07. The number of aliphatic hydroxyl groups excluding tert-OH is 2. The van der Waals surface area contributed by atoms with E-state index in [2.05, 4.69) is 19.2 Å². The van der Waals surface area contributed by atoms with Gasteiger partial charge in [-0.15, -0.1) is 0 Å². The number of aliphatic hydroxyl groups is 2. The Morgan fingerprint density at radius 2 is 1.60 bits per heavy atom. The van der Waals surface area contributed by atoms with Gasteiger partial charge in [-0.2, -0.15) is 0 Å². The molecule has 0 spiro atoms. The van der Waals surface area contributed by atoms with Crippen LogP contribution in [0.3, 0.4) is 0 Å². The molecule has 1 atom stereocenters. The fraction of sp³-hybridized carbons (Fsp3) is 1.00. The third-order valence-electron chi connectivity index (χ3n) is 2.70. The van der Waals surface area contributed by atoms with Crippen molar-refractivity contribution in [1.29, 1.82) is 0 Å². The fourth-order valence-electron chi connectivity index (χ4n) is 1.70. The highest BCUT2D eigenvalue weighted by molar-refractivity contribution is 4.69. The quantitative estimate of drug-likeness (QED) is 0.488. The molecule has 3 nitrogen and oxygen atoms in total. The summed E-state index contributed by atoms with van der Waals surface area (Å²) in [5, 5.41) is 21.0. The standard InChI is InChI=1S/C12H27NO2/c1-3-4-5-6-7-8-11(2)13-12(9-14)10-15/h11-15H,3-10H2,1-2H3/t11-/m1/s1. The van der Waals surface area contributed by atoms with Crippen LogP contribution in [0, 0.1) is 0 Å². The fourth-order valence-corrected chi connectivity index (χ4v) is 1.70. The second-order valence-corrected chi connectivity index (χ2v) is 4.33. The minimum absolute atomic E-state index is 0.0106. The highest BCUT2D eigenvalue weighted by atomic mass is 16.3. The molecule has 0 fully saturated rings. The van der Waals surface area contributed by atoms with Crippen LogP contribution in [0.25, 0.3) is 0 Å². The van der Waals surface area contributed by atoms with Gasteiger partial charge in [-0.25, -0.2) is 0 Å². The van der Waals surface area contributed by atoms with E-state index in [1.165, 1.54) is 32.1 Å². The Labute approximate surface area is 93.9 Å². The number of nitrogens with one attached hydrogen (secondary N) is 1. The predicted molar refractivity (Wildman–Crippen MR) is 63.9 cm³/mol. The topological polar surface area (TPSA) is 52.5 Å². The van der Waals surface area contributed by atoms with E-state index in [-0.39, 0.29) is 19.3 Å². The summed E-state index contributed by atoms with van der Waals surface area (Å²) >= 11 is 0. The zero-order valence-corrected chi connectivity index (χ0v) is 10.2. The molecule has 0 amide bonds. The van der Waals surface area contributed by atoms with Crippen molar-refractivity contribution in [3.8, 4) is 0 Å². The average Bonchev–Trinajstić information content (AvgIpc) is 2.25. The predicted octanol–water partition coefficient (Wildman–Crippen LogP) is 1.68. The second kappa shape index (κ2) is 10.4. The zero-order valence-electron chi connectivity index (χ0n) is 10.2. The lowest BCUT2D eigenvalue weighted by atomic mass is 10.1.